The third kappa shape index (κ3) is 2.92. The molecule has 0 amide bonds. The zero-order chi connectivity index (χ0) is 17.4. The average Bonchev–Trinajstić information content (AvgIpc) is 3.28. The van der Waals surface area contributed by atoms with Gasteiger partial charge < -0.3 is 9.47 Å². The normalized spacial score (nSPS) is 45.1. The van der Waals surface area contributed by atoms with Crippen LogP contribution in [0.5, 0.6) is 0 Å². The first-order valence-corrected chi connectivity index (χ1v) is 10.2. The van der Waals surface area contributed by atoms with Crippen molar-refractivity contribution in [1.29, 1.82) is 0 Å². The van der Waals surface area contributed by atoms with Gasteiger partial charge in [0, 0.05) is 42.8 Å². The van der Waals surface area contributed by atoms with Crippen molar-refractivity contribution in [2.75, 3.05) is 13.2 Å². The van der Waals surface area contributed by atoms with Gasteiger partial charge >= 0.3 is 0 Å². The second-order valence-electron chi connectivity index (χ2n) is 6.72. The molecule has 0 radical (unpaired) electrons. The lowest BCUT2D eigenvalue weighted by Gasteiger charge is -2.17. The van der Waals surface area contributed by atoms with E-state index < -0.39 is 19.3 Å². The van der Waals surface area contributed by atoms with Crippen LogP contribution in [0.4, 0.5) is 0 Å². The summed E-state index contributed by atoms with van der Waals surface area (Å²) >= 11 is 38.7. The van der Waals surface area contributed by atoms with Gasteiger partial charge in [0.2, 0.25) is 0 Å². The Labute approximate surface area is 167 Å². The van der Waals surface area contributed by atoms with Crippen molar-refractivity contribution in [3.63, 3.8) is 0 Å². The molecule has 3 fully saturated rings. The minimum atomic E-state index is -0.955. The van der Waals surface area contributed by atoms with Crippen LogP contribution in [-0.2, 0) is 9.47 Å². The van der Waals surface area contributed by atoms with Gasteiger partial charge in [0.1, 0.15) is 13.0 Å². The van der Waals surface area contributed by atoms with Gasteiger partial charge in [-0.15, -0.1) is 69.6 Å². The summed E-state index contributed by atoms with van der Waals surface area (Å²) < 4.78 is 8.70. The smallest absolute Gasteiger partial charge is 0.163 e. The van der Waals surface area contributed by atoms with E-state index in [9.17, 15) is 0 Å². The lowest BCUT2D eigenvalue weighted by molar-refractivity contribution is -0.151. The van der Waals surface area contributed by atoms with Crippen molar-refractivity contribution in [2.24, 2.45) is 35.5 Å². The highest BCUT2D eigenvalue weighted by Crippen LogP contribution is 2.82. The molecule has 3 aliphatic rings. The van der Waals surface area contributed by atoms with Gasteiger partial charge in [-0.2, -0.15) is 0 Å². The summed E-state index contributed by atoms with van der Waals surface area (Å²) in [6.45, 7) is 6.85. The molecule has 8 heteroatoms. The van der Waals surface area contributed by atoms with Gasteiger partial charge in [-0.25, -0.2) is 0 Å². The van der Waals surface area contributed by atoms with Gasteiger partial charge in [0.05, 0.1) is 0 Å². The summed E-state index contributed by atoms with van der Waals surface area (Å²) in [6.07, 6.45) is -0.455. The maximum Gasteiger partial charge on any atom is 0.163 e. The van der Waals surface area contributed by atoms with Crippen molar-refractivity contribution in [1.82, 2.24) is 0 Å². The lowest BCUT2D eigenvalue weighted by atomic mass is 10.1. The highest BCUT2D eigenvalue weighted by atomic mass is 35.5. The fourth-order valence-electron chi connectivity index (χ4n) is 4.13. The molecule has 0 saturated heterocycles. The molecule has 0 N–H and O–H groups in total. The molecule has 6 unspecified atom stereocenters. The van der Waals surface area contributed by atoms with Crippen molar-refractivity contribution in [3.8, 4) is 0 Å². The molecule has 3 saturated carbocycles. The van der Waals surface area contributed by atoms with Crippen molar-refractivity contribution < 1.29 is 9.47 Å². The first-order chi connectivity index (χ1) is 10.5. The lowest BCUT2D eigenvalue weighted by Crippen LogP contribution is -2.23. The van der Waals surface area contributed by atoms with Crippen LogP contribution in [0.3, 0.4) is 0 Å². The highest BCUT2D eigenvalue weighted by Gasteiger charge is 2.85. The quantitative estimate of drug-likeness (QED) is 0.372. The van der Waals surface area contributed by atoms with E-state index in [-0.39, 0.29) is 35.5 Å². The Balaban J connectivity index is 1.75. The molecule has 0 bridgehead atoms. The average molecular weight is 445 g/mol. The molecule has 2 nitrogen and oxygen atoms in total. The van der Waals surface area contributed by atoms with E-state index >= 15 is 0 Å². The summed E-state index contributed by atoms with van der Waals surface area (Å²) in [5, 5.41) is 0. The summed E-state index contributed by atoms with van der Waals surface area (Å²) in [6, 6.07) is 0. The van der Waals surface area contributed by atoms with Crippen LogP contribution >= 0.6 is 69.6 Å². The third-order valence-electron chi connectivity index (χ3n) is 5.54. The fourth-order valence-corrected chi connectivity index (χ4v) is 6.78. The number of hydrogen-bond donors (Lipinski definition) is 0. The predicted octanol–water partition coefficient (Wildman–Crippen LogP) is 5.67. The number of ether oxygens (including phenoxy) is 2. The molecule has 23 heavy (non-hydrogen) atoms. The largest absolute Gasteiger partial charge is 0.353 e. The van der Waals surface area contributed by atoms with Crippen molar-refractivity contribution >= 4 is 69.6 Å². The van der Waals surface area contributed by atoms with Crippen LogP contribution in [0, 0.1) is 35.5 Å². The van der Waals surface area contributed by atoms with Gasteiger partial charge in [0.25, 0.3) is 0 Å². The van der Waals surface area contributed by atoms with Crippen LogP contribution in [-0.4, -0.2) is 32.5 Å². The monoisotopic (exact) mass is 442 g/mol. The molecule has 134 valence electrons. The standard InChI is InChI=1S/C15H20Cl6O2/c1-4-22-12(23-5-2)11-10(15(11,20)21)9-8(14(9,18)19)7-6(3)13(7,16)17/h6-12H,4-5H2,1-3H3. The van der Waals surface area contributed by atoms with Crippen LogP contribution in [0.2, 0.25) is 0 Å². The maximum absolute atomic E-state index is 6.54. The molecule has 0 aromatic heterocycles. The second kappa shape index (κ2) is 6.09. The zero-order valence-electron chi connectivity index (χ0n) is 13.0. The van der Waals surface area contributed by atoms with Gasteiger partial charge in [-0.3, -0.25) is 0 Å². The molecular weight excluding hydrogens is 425 g/mol. The summed E-state index contributed by atoms with van der Waals surface area (Å²) in [4.78, 5) is 0. The Morgan fingerprint density at radius 3 is 1.57 bits per heavy atom. The molecule has 6 atom stereocenters. The third-order valence-corrected chi connectivity index (χ3v) is 8.75. The van der Waals surface area contributed by atoms with E-state index in [2.05, 4.69) is 0 Å². The second-order valence-corrected chi connectivity index (χ2v) is 11.1. The molecule has 3 rings (SSSR count). The molecular formula is C15H20Cl6O2. The first kappa shape index (κ1) is 19.4. The van der Waals surface area contributed by atoms with Gasteiger partial charge in [-0.1, -0.05) is 6.92 Å². The first-order valence-electron chi connectivity index (χ1n) is 7.91. The Morgan fingerprint density at radius 1 is 0.739 bits per heavy atom. The Hall–Kier alpha value is 1.66. The topological polar surface area (TPSA) is 18.5 Å². The summed E-state index contributed by atoms with van der Waals surface area (Å²) in [7, 11) is 0. The summed E-state index contributed by atoms with van der Waals surface area (Å²) in [5.41, 5.74) is 0. The molecule has 0 heterocycles. The van der Waals surface area contributed by atoms with E-state index in [1.165, 1.54) is 0 Å². The molecule has 0 spiro atoms. The van der Waals surface area contributed by atoms with E-state index in [4.69, 9.17) is 79.1 Å². The number of rotatable bonds is 7. The maximum atomic E-state index is 6.54. The van der Waals surface area contributed by atoms with Gasteiger partial charge in [-0.05, 0) is 19.8 Å². The van der Waals surface area contributed by atoms with Gasteiger partial charge in [0.15, 0.2) is 6.29 Å². The highest BCUT2D eigenvalue weighted by molar-refractivity contribution is 6.54. The van der Waals surface area contributed by atoms with Crippen LogP contribution < -0.4 is 0 Å². The molecule has 0 aromatic carbocycles. The Bertz CT molecular complexity index is 477. The minimum Gasteiger partial charge on any atom is -0.353 e. The van der Waals surface area contributed by atoms with Crippen LogP contribution in [0.1, 0.15) is 20.8 Å². The Morgan fingerprint density at radius 2 is 1.17 bits per heavy atom. The van der Waals surface area contributed by atoms with E-state index in [1.54, 1.807) is 0 Å². The number of hydrogen-bond acceptors (Lipinski definition) is 2. The van der Waals surface area contributed by atoms with Crippen molar-refractivity contribution in [3.05, 3.63) is 0 Å². The number of alkyl halides is 6. The summed E-state index contributed by atoms with van der Waals surface area (Å²) in [5.74, 6) is -0.0938. The minimum absolute atomic E-state index is 0.00777. The predicted molar refractivity (Wildman–Crippen MR) is 97.0 cm³/mol. The molecule has 0 aliphatic heterocycles. The SMILES string of the molecule is CCOC(OCC)C1C(C2C(C3C(C)C3(Cl)Cl)C2(Cl)Cl)C1(Cl)Cl. The zero-order valence-corrected chi connectivity index (χ0v) is 17.6. The van der Waals surface area contributed by atoms with E-state index in [0.29, 0.717) is 13.2 Å². The Kier molecular flexibility index (Phi) is 5.14. The van der Waals surface area contributed by atoms with Crippen molar-refractivity contribution in [2.45, 2.75) is 40.1 Å². The van der Waals surface area contributed by atoms with E-state index in [1.807, 2.05) is 20.8 Å². The fraction of sp³-hybridized carbons (Fsp3) is 1.00. The molecule has 0 aromatic rings. The van der Waals surface area contributed by atoms with Crippen LogP contribution in [0.25, 0.3) is 0 Å². The molecule has 3 aliphatic carbocycles. The van der Waals surface area contributed by atoms with Crippen LogP contribution in [0.15, 0.2) is 0 Å². The van der Waals surface area contributed by atoms with E-state index in [0.717, 1.165) is 0 Å². The number of halogens is 6.